The van der Waals surface area contributed by atoms with E-state index in [1.54, 1.807) is 0 Å². The van der Waals surface area contributed by atoms with Gasteiger partial charge in [0.05, 0.1) is 0 Å². The van der Waals surface area contributed by atoms with Gasteiger partial charge in [-0.1, -0.05) is 30.3 Å². The van der Waals surface area contributed by atoms with E-state index in [1.165, 1.54) is 31.5 Å². The van der Waals surface area contributed by atoms with Gasteiger partial charge < -0.3 is 9.47 Å². The highest BCUT2D eigenvalue weighted by Crippen LogP contribution is 2.41. The number of hydrogen-bond acceptors (Lipinski definition) is 2. The number of likely N-dealkylation sites (tertiary alicyclic amines) is 2. The van der Waals surface area contributed by atoms with Crippen LogP contribution in [0, 0.1) is 5.41 Å². The molecule has 2 aliphatic rings. The molecule has 4 nitrogen and oxygen atoms in total. The zero-order chi connectivity index (χ0) is 18.0. The molecule has 0 radical (unpaired) electrons. The van der Waals surface area contributed by atoms with E-state index in [9.17, 15) is 4.79 Å². The van der Waals surface area contributed by atoms with Crippen LogP contribution in [0.3, 0.4) is 0 Å². The molecule has 0 N–H and O–H groups in total. The van der Waals surface area contributed by atoms with Crippen LogP contribution in [-0.4, -0.2) is 46.5 Å². The minimum absolute atomic E-state index is 0.189. The first-order valence-electron chi connectivity index (χ1n) is 9.82. The van der Waals surface area contributed by atoms with Crippen LogP contribution in [0.5, 0.6) is 0 Å². The summed E-state index contributed by atoms with van der Waals surface area (Å²) in [5.41, 5.74) is 2.67. The Morgan fingerprint density at radius 2 is 1.58 bits per heavy atom. The molecule has 2 aliphatic heterocycles. The van der Waals surface area contributed by atoms with Gasteiger partial charge in [0.1, 0.15) is 5.69 Å². The van der Waals surface area contributed by atoms with Crippen LogP contribution in [0.25, 0.3) is 0 Å². The fraction of sp³-hybridized carbons (Fsp3) is 0.500. The summed E-state index contributed by atoms with van der Waals surface area (Å²) >= 11 is 0. The maximum absolute atomic E-state index is 12.7. The Morgan fingerprint density at radius 1 is 0.923 bits per heavy atom. The van der Waals surface area contributed by atoms with Gasteiger partial charge in [0.15, 0.2) is 0 Å². The number of rotatable bonds is 3. The molecule has 0 saturated carbocycles. The molecule has 2 fully saturated rings. The molecule has 138 valence electrons. The SMILES string of the molecule is Cn1cccc1C(=O)N1CCC2(CCN(Cc3ccccc3)CC2)CC1. The molecule has 26 heavy (non-hydrogen) atoms. The Morgan fingerprint density at radius 3 is 2.19 bits per heavy atom. The maximum atomic E-state index is 12.7. The van der Waals surface area contributed by atoms with Crippen LogP contribution >= 0.6 is 0 Å². The number of amides is 1. The molecule has 1 spiro atoms. The highest BCUT2D eigenvalue weighted by Gasteiger charge is 2.38. The second-order valence-corrected chi connectivity index (χ2v) is 8.06. The lowest BCUT2D eigenvalue weighted by atomic mass is 9.71. The van der Waals surface area contributed by atoms with E-state index in [0.717, 1.165) is 38.2 Å². The number of aryl methyl sites for hydroxylation is 1. The van der Waals surface area contributed by atoms with E-state index in [0.29, 0.717) is 5.41 Å². The fourth-order valence-corrected chi connectivity index (χ4v) is 4.56. The first-order valence-corrected chi connectivity index (χ1v) is 9.82. The Hall–Kier alpha value is -2.07. The van der Waals surface area contributed by atoms with Gasteiger partial charge in [-0.3, -0.25) is 9.69 Å². The van der Waals surface area contributed by atoms with Crippen LogP contribution in [0.1, 0.15) is 41.7 Å². The summed E-state index contributed by atoms with van der Waals surface area (Å²) in [6.07, 6.45) is 6.80. The first kappa shape index (κ1) is 17.3. The second kappa shape index (κ2) is 7.28. The third kappa shape index (κ3) is 3.56. The van der Waals surface area contributed by atoms with E-state index in [-0.39, 0.29) is 5.91 Å². The minimum Gasteiger partial charge on any atom is -0.347 e. The van der Waals surface area contributed by atoms with Crippen LogP contribution < -0.4 is 0 Å². The number of nitrogens with zero attached hydrogens (tertiary/aromatic N) is 3. The van der Waals surface area contributed by atoms with Crippen molar-refractivity contribution in [3.8, 4) is 0 Å². The predicted molar refractivity (Wildman–Crippen MR) is 104 cm³/mol. The van der Waals surface area contributed by atoms with Gasteiger partial charge in [-0.15, -0.1) is 0 Å². The summed E-state index contributed by atoms with van der Waals surface area (Å²) < 4.78 is 1.93. The molecule has 0 aliphatic carbocycles. The lowest BCUT2D eigenvalue weighted by molar-refractivity contribution is 0.0280. The quantitative estimate of drug-likeness (QED) is 0.846. The standard InChI is InChI=1S/C22H29N3O/c1-23-13-5-8-20(23)21(26)25-16-11-22(12-17-25)9-14-24(15-10-22)18-19-6-3-2-4-7-19/h2-8,13H,9-12,14-18H2,1H3. The molecule has 4 rings (SSSR count). The zero-order valence-corrected chi connectivity index (χ0v) is 15.7. The topological polar surface area (TPSA) is 28.5 Å². The number of hydrogen-bond donors (Lipinski definition) is 0. The van der Waals surface area contributed by atoms with Crippen molar-refractivity contribution in [3.05, 3.63) is 59.9 Å². The summed E-state index contributed by atoms with van der Waals surface area (Å²) in [6, 6.07) is 14.6. The van der Waals surface area contributed by atoms with Gasteiger partial charge >= 0.3 is 0 Å². The van der Waals surface area contributed by atoms with Gasteiger partial charge in [0, 0.05) is 32.9 Å². The average molecular weight is 351 g/mol. The van der Waals surface area contributed by atoms with E-state index < -0.39 is 0 Å². The van der Waals surface area contributed by atoms with Crippen molar-refractivity contribution < 1.29 is 4.79 Å². The lowest BCUT2D eigenvalue weighted by Gasteiger charge is -2.47. The predicted octanol–water partition coefficient (Wildman–Crippen LogP) is 3.54. The number of carbonyl (C=O) groups is 1. The summed E-state index contributed by atoms with van der Waals surface area (Å²) in [7, 11) is 1.95. The summed E-state index contributed by atoms with van der Waals surface area (Å²) in [4.78, 5) is 17.3. The Kier molecular flexibility index (Phi) is 4.86. The largest absolute Gasteiger partial charge is 0.347 e. The molecule has 3 heterocycles. The highest BCUT2D eigenvalue weighted by molar-refractivity contribution is 5.92. The maximum Gasteiger partial charge on any atom is 0.270 e. The van der Waals surface area contributed by atoms with Crippen LogP contribution in [0.15, 0.2) is 48.7 Å². The van der Waals surface area contributed by atoms with Crippen molar-refractivity contribution >= 4 is 5.91 Å². The number of benzene rings is 1. The second-order valence-electron chi connectivity index (χ2n) is 8.06. The van der Waals surface area contributed by atoms with Crippen molar-refractivity contribution in [1.29, 1.82) is 0 Å². The molecule has 1 aromatic carbocycles. The molecular formula is C22H29N3O. The van der Waals surface area contributed by atoms with Crippen molar-refractivity contribution in [1.82, 2.24) is 14.4 Å². The Bertz CT molecular complexity index is 734. The Labute approximate surface area is 156 Å². The van der Waals surface area contributed by atoms with Crippen molar-refractivity contribution in [2.24, 2.45) is 12.5 Å². The summed E-state index contributed by atoms with van der Waals surface area (Å²) in [5.74, 6) is 0.189. The third-order valence-corrected chi connectivity index (χ3v) is 6.44. The molecule has 4 heteroatoms. The molecule has 2 saturated heterocycles. The van der Waals surface area contributed by atoms with Crippen LogP contribution in [-0.2, 0) is 13.6 Å². The average Bonchev–Trinajstić information content (AvgIpc) is 3.11. The summed E-state index contributed by atoms with van der Waals surface area (Å²) in [6.45, 7) is 5.24. The van der Waals surface area contributed by atoms with E-state index in [2.05, 4.69) is 40.1 Å². The van der Waals surface area contributed by atoms with Crippen LogP contribution in [0.2, 0.25) is 0 Å². The molecule has 1 amide bonds. The molecular weight excluding hydrogens is 322 g/mol. The normalized spacial score (nSPS) is 20.4. The van der Waals surface area contributed by atoms with Gasteiger partial charge in [-0.05, 0) is 61.9 Å². The third-order valence-electron chi connectivity index (χ3n) is 6.44. The summed E-state index contributed by atoms with van der Waals surface area (Å²) in [5, 5.41) is 0. The minimum atomic E-state index is 0.189. The van der Waals surface area contributed by atoms with Gasteiger partial charge in [-0.2, -0.15) is 0 Å². The first-order chi connectivity index (χ1) is 12.7. The van der Waals surface area contributed by atoms with Crippen molar-refractivity contribution in [2.75, 3.05) is 26.2 Å². The highest BCUT2D eigenvalue weighted by atomic mass is 16.2. The van der Waals surface area contributed by atoms with Gasteiger partial charge in [-0.25, -0.2) is 0 Å². The van der Waals surface area contributed by atoms with E-state index in [4.69, 9.17) is 0 Å². The zero-order valence-electron chi connectivity index (χ0n) is 15.7. The van der Waals surface area contributed by atoms with E-state index in [1.807, 2.05) is 29.9 Å². The van der Waals surface area contributed by atoms with Gasteiger partial charge in [0.2, 0.25) is 0 Å². The molecule has 0 unspecified atom stereocenters. The monoisotopic (exact) mass is 351 g/mol. The molecule has 1 aromatic heterocycles. The number of carbonyl (C=O) groups excluding carboxylic acids is 1. The molecule has 2 aromatic rings. The lowest BCUT2D eigenvalue weighted by Crippen LogP contribution is -2.48. The van der Waals surface area contributed by atoms with Crippen molar-refractivity contribution in [3.63, 3.8) is 0 Å². The number of aromatic nitrogens is 1. The smallest absolute Gasteiger partial charge is 0.270 e. The number of piperidine rings is 2. The van der Waals surface area contributed by atoms with Crippen molar-refractivity contribution in [2.45, 2.75) is 32.2 Å². The van der Waals surface area contributed by atoms with Gasteiger partial charge in [0.25, 0.3) is 5.91 Å². The molecule has 0 bridgehead atoms. The fourth-order valence-electron chi connectivity index (χ4n) is 4.56. The van der Waals surface area contributed by atoms with Crippen LogP contribution in [0.4, 0.5) is 0 Å². The molecule has 0 atom stereocenters. The van der Waals surface area contributed by atoms with E-state index >= 15 is 0 Å². The Balaban J connectivity index is 1.30.